The van der Waals surface area contributed by atoms with Crippen LogP contribution in [-0.2, 0) is 4.79 Å². The summed E-state index contributed by atoms with van der Waals surface area (Å²) in [6, 6.07) is 0. The number of carbonyl (C=O) groups is 1. The normalized spacial score (nSPS) is 41.6. The Labute approximate surface area is 109 Å². The number of nitrogens with one attached hydrogen (secondary N) is 1. The number of hydrogen-bond acceptors (Lipinski definition) is 4. The molecule has 4 rings (SSSR count). The van der Waals surface area contributed by atoms with E-state index < -0.39 is 0 Å². The summed E-state index contributed by atoms with van der Waals surface area (Å²) in [5, 5.41) is 3.41. The molecule has 1 unspecified atom stereocenters. The van der Waals surface area contributed by atoms with E-state index >= 15 is 0 Å². The summed E-state index contributed by atoms with van der Waals surface area (Å²) < 4.78 is 0. The topological polar surface area (TPSA) is 61.6 Å². The molecule has 5 nitrogen and oxygen atoms in total. The summed E-state index contributed by atoms with van der Waals surface area (Å²) >= 11 is 0. The van der Waals surface area contributed by atoms with Gasteiger partial charge in [-0.1, -0.05) is 0 Å². The number of fused-ring (bicyclic) bond motifs is 3. The van der Waals surface area contributed by atoms with E-state index in [9.17, 15) is 4.79 Å². The largest absolute Gasteiger partial charge is 0.368 e. The maximum absolute atomic E-state index is 12.2. The van der Waals surface area contributed by atoms with Gasteiger partial charge in [-0.2, -0.15) is 0 Å². The van der Waals surface area contributed by atoms with Crippen LogP contribution in [0.4, 0.5) is 0 Å². The fraction of sp³-hybridized carbons (Fsp3) is 0.923. The molecule has 102 valence electrons. The minimum absolute atomic E-state index is 0.0983. The van der Waals surface area contributed by atoms with Gasteiger partial charge >= 0.3 is 0 Å². The quantitative estimate of drug-likeness (QED) is 0.677. The van der Waals surface area contributed by atoms with Crippen molar-refractivity contribution in [2.75, 3.05) is 45.8 Å². The molecule has 1 amide bonds. The summed E-state index contributed by atoms with van der Waals surface area (Å²) in [6.07, 6.45) is 3.38. The van der Waals surface area contributed by atoms with Crippen LogP contribution in [0.25, 0.3) is 0 Å². The van der Waals surface area contributed by atoms with Crippen molar-refractivity contribution in [1.29, 1.82) is 0 Å². The summed E-state index contributed by atoms with van der Waals surface area (Å²) in [6.45, 7) is 7.12. The highest BCUT2D eigenvalue weighted by Gasteiger charge is 2.54. The number of carbonyl (C=O) groups excluding carboxylic acids is 1. The van der Waals surface area contributed by atoms with Crippen LogP contribution in [0.15, 0.2) is 0 Å². The van der Waals surface area contributed by atoms with Gasteiger partial charge in [0, 0.05) is 26.2 Å². The van der Waals surface area contributed by atoms with Gasteiger partial charge in [0.2, 0.25) is 5.91 Å². The molecule has 3 N–H and O–H groups in total. The fourth-order valence-corrected chi connectivity index (χ4v) is 4.08. The molecule has 0 spiro atoms. The number of nitrogens with two attached hydrogens (primary N) is 1. The van der Waals surface area contributed by atoms with Crippen molar-refractivity contribution in [1.82, 2.24) is 15.1 Å². The third kappa shape index (κ3) is 1.85. The van der Waals surface area contributed by atoms with E-state index in [1.807, 2.05) is 0 Å². The van der Waals surface area contributed by atoms with E-state index in [2.05, 4.69) is 15.1 Å². The Balaban J connectivity index is 1.88. The Kier molecular flexibility index (Phi) is 3.30. The number of piperidine rings is 3. The molecule has 0 aromatic rings. The van der Waals surface area contributed by atoms with Gasteiger partial charge in [0.1, 0.15) is 5.54 Å². The van der Waals surface area contributed by atoms with E-state index in [4.69, 9.17) is 5.73 Å². The lowest BCUT2D eigenvalue weighted by Crippen LogP contribution is -2.72. The van der Waals surface area contributed by atoms with E-state index in [1.54, 1.807) is 0 Å². The second kappa shape index (κ2) is 4.79. The molecular weight excluding hydrogens is 228 g/mol. The molecule has 0 aliphatic carbocycles. The Hall–Kier alpha value is -0.650. The van der Waals surface area contributed by atoms with Crippen molar-refractivity contribution in [2.24, 2.45) is 11.7 Å². The Morgan fingerprint density at radius 2 is 1.94 bits per heavy atom. The first kappa shape index (κ1) is 12.4. The number of rotatable bonds is 2. The Morgan fingerprint density at radius 1 is 1.17 bits per heavy atom. The zero-order chi connectivity index (χ0) is 12.6. The molecule has 4 aliphatic rings. The van der Waals surface area contributed by atoms with Crippen molar-refractivity contribution in [3.63, 3.8) is 0 Å². The van der Waals surface area contributed by atoms with E-state index in [1.165, 1.54) is 0 Å². The minimum atomic E-state index is -0.386. The number of hydrogen-bond donors (Lipinski definition) is 2. The van der Waals surface area contributed by atoms with Gasteiger partial charge in [0.05, 0.1) is 0 Å². The lowest BCUT2D eigenvalue weighted by Gasteiger charge is -2.56. The molecule has 18 heavy (non-hydrogen) atoms. The number of primary amides is 1. The average Bonchev–Trinajstić information content (AvgIpc) is 2.68. The smallest absolute Gasteiger partial charge is 0.239 e. The van der Waals surface area contributed by atoms with Gasteiger partial charge in [-0.3, -0.25) is 9.69 Å². The molecule has 4 saturated heterocycles. The summed E-state index contributed by atoms with van der Waals surface area (Å²) in [5.74, 6) is 0.372. The molecule has 0 aromatic carbocycles. The Morgan fingerprint density at radius 3 is 2.56 bits per heavy atom. The van der Waals surface area contributed by atoms with Crippen molar-refractivity contribution < 1.29 is 4.79 Å². The van der Waals surface area contributed by atoms with Crippen molar-refractivity contribution in [3.05, 3.63) is 0 Å². The van der Waals surface area contributed by atoms with Gasteiger partial charge in [-0.25, -0.2) is 0 Å². The van der Waals surface area contributed by atoms with Crippen molar-refractivity contribution in [2.45, 2.75) is 24.8 Å². The van der Waals surface area contributed by atoms with Crippen LogP contribution < -0.4 is 11.1 Å². The fourth-order valence-electron chi connectivity index (χ4n) is 4.08. The van der Waals surface area contributed by atoms with Gasteiger partial charge in [0.25, 0.3) is 0 Å². The molecule has 4 aliphatic heterocycles. The van der Waals surface area contributed by atoms with E-state index in [0.717, 1.165) is 65.1 Å². The zero-order valence-electron chi connectivity index (χ0n) is 11.0. The molecule has 5 heteroatoms. The summed E-state index contributed by atoms with van der Waals surface area (Å²) in [7, 11) is 0. The van der Waals surface area contributed by atoms with Gasteiger partial charge in [-0.05, 0) is 44.8 Å². The van der Waals surface area contributed by atoms with Crippen LogP contribution in [0.2, 0.25) is 0 Å². The maximum atomic E-state index is 12.2. The highest BCUT2D eigenvalue weighted by atomic mass is 16.1. The molecule has 0 aromatic heterocycles. The van der Waals surface area contributed by atoms with Gasteiger partial charge in [0.15, 0.2) is 0 Å². The van der Waals surface area contributed by atoms with Crippen LogP contribution >= 0.6 is 0 Å². The SMILES string of the molecule is NC(=O)C1(N2CCCNCC2)CN2CCC1CC2. The zero-order valence-corrected chi connectivity index (χ0v) is 11.0. The molecule has 0 radical (unpaired) electrons. The van der Waals surface area contributed by atoms with Crippen LogP contribution in [-0.4, -0.2) is 67.1 Å². The highest BCUT2D eigenvalue weighted by Crippen LogP contribution is 2.39. The monoisotopic (exact) mass is 252 g/mol. The second-order valence-corrected chi connectivity index (χ2v) is 5.93. The molecular formula is C13H24N4O. The van der Waals surface area contributed by atoms with Gasteiger partial charge in [-0.15, -0.1) is 0 Å². The maximum Gasteiger partial charge on any atom is 0.239 e. The lowest BCUT2D eigenvalue weighted by molar-refractivity contribution is -0.145. The average molecular weight is 252 g/mol. The van der Waals surface area contributed by atoms with Crippen LogP contribution in [0, 0.1) is 5.92 Å². The van der Waals surface area contributed by atoms with Crippen molar-refractivity contribution >= 4 is 5.91 Å². The molecule has 1 atom stereocenters. The van der Waals surface area contributed by atoms with Crippen LogP contribution in [0.5, 0.6) is 0 Å². The number of amides is 1. The van der Waals surface area contributed by atoms with E-state index in [0.29, 0.717) is 5.92 Å². The second-order valence-electron chi connectivity index (χ2n) is 5.93. The van der Waals surface area contributed by atoms with Crippen molar-refractivity contribution in [3.8, 4) is 0 Å². The molecule has 4 fully saturated rings. The third-order valence-corrected chi connectivity index (χ3v) is 5.06. The minimum Gasteiger partial charge on any atom is -0.368 e. The molecule has 0 saturated carbocycles. The van der Waals surface area contributed by atoms with Gasteiger partial charge < -0.3 is 16.0 Å². The first-order chi connectivity index (χ1) is 8.73. The summed E-state index contributed by atoms with van der Waals surface area (Å²) in [5.41, 5.74) is 5.46. The molecule has 2 bridgehead atoms. The molecule has 4 heterocycles. The Bertz CT molecular complexity index is 319. The van der Waals surface area contributed by atoms with Crippen LogP contribution in [0.3, 0.4) is 0 Å². The number of nitrogens with zero attached hydrogens (tertiary/aromatic N) is 2. The predicted octanol–water partition coefficient (Wildman–Crippen LogP) is -0.769. The van der Waals surface area contributed by atoms with E-state index in [-0.39, 0.29) is 11.4 Å². The summed E-state index contributed by atoms with van der Waals surface area (Å²) in [4.78, 5) is 17.0. The highest BCUT2D eigenvalue weighted by molar-refractivity contribution is 5.86. The van der Waals surface area contributed by atoms with Crippen LogP contribution in [0.1, 0.15) is 19.3 Å². The predicted molar refractivity (Wildman–Crippen MR) is 70.1 cm³/mol. The lowest BCUT2D eigenvalue weighted by atomic mass is 9.71. The third-order valence-electron chi connectivity index (χ3n) is 5.06. The first-order valence-corrected chi connectivity index (χ1v) is 7.21. The standard InChI is InChI=1S/C13H24N4O/c14-12(18)13(17-6-1-4-15-5-9-17)10-16-7-2-11(13)3-8-16/h11,15H,1-10H2,(H2,14,18). The first-order valence-electron chi connectivity index (χ1n) is 7.21.